The van der Waals surface area contributed by atoms with Crippen molar-refractivity contribution in [1.82, 2.24) is 20.1 Å². The maximum absolute atomic E-state index is 4.29. The zero-order valence-electron chi connectivity index (χ0n) is 8.37. The van der Waals surface area contributed by atoms with E-state index in [1.54, 1.807) is 0 Å². The Morgan fingerprint density at radius 2 is 2.29 bits per heavy atom. The number of aromatic nitrogens is 3. The Morgan fingerprint density at radius 1 is 1.36 bits per heavy atom. The number of rotatable bonds is 2. The van der Waals surface area contributed by atoms with Crippen molar-refractivity contribution in [2.24, 2.45) is 5.92 Å². The van der Waals surface area contributed by atoms with Crippen molar-refractivity contribution in [1.29, 1.82) is 0 Å². The van der Waals surface area contributed by atoms with Crippen LogP contribution in [-0.2, 0) is 19.5 Å². The summed E-state index contributed by atoms with van der Waals surface area (Å²) in [5.74, 6) is 3.22. The minimum Gasteiger partial charge on any atom is -0.313 e. The van der Waals surface area contributed by atoms with Crippen LogP contribution in [0.3, 0.4) is 0 Å². The fourth-order valence-corrected chi connectivity index (χ4v) is 2.26. The average molecular weight is 192 g/mol. The van der Waals surface area contributed by atoms with E-state index in [1.807, 2.05) is 0 Å². The third-order valence-corrected chi connectivity index (χ3v) is 3.40. The van der Waals surface area contributed by atoms with Crippen molar-refractivity contribution in [3.63, 3.8) is 0 Å². The molecule has 0 bridgehead atoms. The van der Waals surface area contributed by atoms with E-state index in [4.69, 9.17) is 0 Å². The fourth-order valence-electron chi connectivity index (χ4n) is 2.26. The standard InChI is InChI=1S/C10H16N4/c1-2-8(3-1)6-9-12-13-10-7-11-4-5-14(9)10/h8,11H,1-7H2. The predicted molar refractivity (Wildman–Crippen MR) is 52.8 cm³/mol. The van der Waals surface area contributed by atoms with Gasteiger partial charge in [-0.2, -0.15) is 0 Å². The molecule has 1 N–H and O–H groups in total. The number of hydrogen-bond acceptors (Lipinski definition) is 3. The van der Waals surface area contributed by atoms with Gasteiger partial charge < -0.3 is 9.88 Å². The van der Waals surface area contributed by atoms with Gasteiger partial charge in [0, 0.05) is 19.5 Å². The highest BCUT2D eigenvalue weighted by molar-refractivity contribution is 5.00. The fraction of sp³-hybridized carbons (Fsp3) is 0.800. The molecule has 1 aliphatic heterocycles. The molecule has 4 heteroatoms. The molecule has 0 unspecified atom stereocenters. The largest absolute Gasteiger partial charge is 0.313 e. The van der Waals surface area contributed by atoms with Gasteiger partial charge in [0.25, 0.3) is 0 Å². The van der Waals surface area contributed by atoms with Crippen LogP contribution < -0.4 is 5.32 Å². The van der Waals surface area contributed by atoms with Gasteiger partial charge in [0.15, 0.2) is 0 Å². The summed E-state index contributed by atoms with van der Waals surface area (Å²) >= 11 is 0. The highest BCUT2D eigenvalue weighted by atomic mass is 15.3. The van der Waals surface area contributed by atoms with Crippen LogP contribution in [0.5, 0.6) is 0 Å². The first-order valence-corrected chi connectivity index (χ1v) is 5.55. The lowest BCUT2D eigenvalue weighted by atomic mass is 9.83. The molecule has 1 saturated carbocycles. The Hall–Kier alpha value is -0.900. The van der Waals surface area contributed by atoms with E-state index in [-0.39, 0.29) is 0 Å². The van der Waals surface area contributed by atoms with Gasteiger partial charge >= 0.3 is 0 Å². The maximum Gasteiger partial charge on any atom is 0.147 e. The van der Waals surface area contributed by atoms with Gasteiger partial charge in [-0.05, 0) is 5.92 Å². The Morgan fingerprint density at radius 3 is 3.07 bits per heavy atom. The second-order valence-electron chi connectivity index (χ2n) is 4.36. The van der Waals surface area contributed by atoms with E-state index in [2.05, 4.69) is 20.1 Å². The van der Waals surface area contributed by atoms with Gasteiger partial charge in [-0.3, -0.25) is 0 Å². The Balaban J connectivity index is 1.79. The first-order valence-electron chi connectivity index (χ1n) is 5.55. The van der Waals surface area contributed by atoms with E-state index in [9.17, 15) is 0 Å². The zero-order valence-corrected chi connectivity index (χ0v) is 8.37. The van der Waals surface area contributed by atoms with Crippen LogP contribution in [-0.4, -0.2) is 21.3 Å². The summed E-state index contributed by atoms with van der Waals surface area (Å²) < 4.78 is 2.30. The number of nitrogens with one attached hydrogen (secondary N) is 1. The van der Waals surface area contributed by atoms with Gasteiger partial charge in [-0.15, -0.1) is 10.2 Å². The lowest BCUT2D eigenvalue weighted by molar-refractivity contribution is 0.304. The van der Waals surface area contributed by atoms with Gasteiger partial charge in [-0.1, -0.05) is 19.3 Å². The molecule has 0 amide bonds. The van der Waals surface area contributed by atoms with Crippen LogP contribution in [0.4, 0.5) is 0 Å². The molecule has 14 heavy (non-hydrogen) atoms. The summed E-state index contributed by atoms with van der Waals surface area (Å²) in [6, 6.07) is 0. The molecule has 0 spiro atoms. The molecule has 4 nitrogen and oxygen atoms in total. The number of hydrogen-bond donors (Lipinski definition) is 1. The lowest BCUT2D eigenvalue weighted by Crippen LogP contribution is -2.29. The molecule has 0 radical (unpaired) electrons. The quantitative estimate of drug-likeness (QED) is 0.751. The molecule has 0 aromatic carbocycles. The van der Waals surface area contributed by atoms with Gasteiger partial charge in [0.2, 0.25) is 0 Å². The molecule has 0 atom stereocenters. The van der Waals surface area contributed by atoms with Crippen molar-refractivity contribution in [2.75, 3.05) is 6.54 Å². The Labute approximate surface area is 83.7 Å². The van der Waals surface area contributed by atoms with Crippen molar-refractivity contribution in [3.8, 4) is 0 Å². The second-order valence-corrected chi connectivity index (χ2v) is 4.36. The predicted octanol–water partition coefficient (Wildman–Crippen LogP) is 0.724. The smallest absolute Gasteiger partial charge is 0.147 e. The third kappa shape index (κ3) is 1.34. The van der Waals surface area contributed by atoms with E-state index in [1.165, 1.54) is 25.1 Å². The molecule has 2 aliphatic rings. The summed E-state index contributed by atoms with van der Waals surface area (Å²) in [6.45, 7) is 2.99. The van der Waals surface area contributed by atoms with Crippen LogP contribution in [0.15, 0.2) is 0 Å². The summed E-state index contributed by atoms with van der Waals surface area (Å²) in [5, 5.41) is 11.8. The van der Waals surface area contributed by atoms with E-state index in [0.29, 0.717) is 0 Å². The van der Waals surface area contributed by atoms with Crippen LogP contribution in [0.25, 0.3) is 0 Å². The van der Waals surface area contributed by atoms with Crippen molar-refractivity contribution in [2.45, 2.75) is 38.8 Å². The first kappa shape index (κ1) is 8.41. The highest BCUT2D eigenvalue weighted by Gasteiger charge is 2.22. The second kappa shape index (κ2) is 3.35. The van der Waals surface area contributed by atoms with Crippen molar-refractivity contribution >= 4 is 0 Å². The maximum atomic E-state index is 4.29. The molecule has 2 heterocycles. The Kier molecular flexibility index (Phi) is 2.01. The molecule has 3 rings (SSSR count). The summed E-state index contributed by atoms with van der Waals surface area (Å²) in [4.78, 5) is 0. The van der Waals surface area contributed by atoms with Crippen LogP contribution >= 0.6 is 0 Å². The van der Waals surface area contributed by atoms with Crippen LogP contribution in [0.1, 0.15) is 30.9 Å². The molecule has 76 valence electrons. The van der Waals surface area contributed by atoms with Crippen LogP contribution in [0, 0.1) is 5.92 Å². The number of nitrogens with zero attached hydrogens (tertiary/aromatic N) is 3. The summed E-state index contributed by atoms with van der Waals surface area (Å²) in [7, 11) is 0. The normalized spacial score (nSPS) is 21.7. The minimum absolute atomic E-state index is 0.887. The molecule has 1 fully saturated rings. The topological polar surface area (TPSA) is 42.7 Å². The lowest BCUT2D eigenvalue weighted by Gasteiger charge is -2.25. The van der Waals surface area contributed by atoms with E-state index < -0.39 is 0 Å². The van der Waals surface area contributed by atoms with Gasteiger partial charge in [0.1, 0.15) is 11.6 Å². The molecule has 1 aromatic heterocycles. The van der Waals surface area contributed by atoms with Gasteiger partial charge in [0.05, 0.1) is 6.54 Å². The third-order valence-electron chi connectivity index (χ3n) is 3.40. The first-order chi connectivity index (χ1) is 6.93. The van der Waals surface area contributed by atoms with Crippen LogP contribution in [0.2, 0.25) is 0 Å². The molecule has 0 saturated heterocycles. The summed E-state index contributed by atoms with van der Waals surface area (Å²) in [5.41, 5.74) is 0. The molecular weight excluding hydrogens is 176 g/mol. The molecule has 1 aromatic rings. The molecule has 1 aliphatic carbocycles. The summed E-state index contributed by atoms with van der Waals surface area (Å²) in [6.07, 6.45) is 5.33. The monoisotopic (exact) mass is 192 g/mol. The van der Waals surface area contributed by atoms with Crippen molar-refractivity contribution < 1.29 is 0 Å². The highest BCUT2D eigenvalue weighted by Crippen LogP contribution is 2.29. The zero-order chi connectivity index (χ0) is 9.38. The number of fused-ring (bicyclic) bond motifs is 1. The van der Waals surface area contributed by atoms with Crippen molar-refractivity contribution in [3.05, 3.63) is 11.6 Å². The minimum atomic E-state index is 0.887. The van der Waals surface area contributed by atoms with Gasteiger partial charge in [-0.25, -0.2) is 0 Å². The van der Waals surface area contributed by atoms with E-state index >= 15 is 0 Å². The average Bonchev–Trinajstić information content (AvgIpc) is 2.55. The SMILES string of the molecule is C1CC(Cc2nnc3n2CCNC3)C1. The molecular formula is C10H16N4. The van der Waals surface area contributed by atoms with E-state index in [0.717, 1.165) is 37.8 Å². The Bertz CT molecular complexity index is 327.